The predicted molar refractivity (Wildman–Crippen MR) is 89.4 cm³/mol. The lowest BCUT2D eigenvalue weighted by molar-refractivity contribution is -0.0217. The van der Waals surface area contributed by atoms with E-state index in [1.54, 1.807) is 11.2 Å². The number of benzene rings is 1. The number of hydrogen-bond donors (Lipinski definition) is 1. The molecule has 1 aliphatic heterocycles. The number of nitrogens with zero attached hydrogens (tertiary/aromatic N) is 4. The standard InChI is InChI=1S/C17H23N5O2/c1-12-6-4-5-7-14(12)13(2)19-17(23)22-8-9-24-15(10-22)16-20-18-11-21(16)3/h4-7,11,13,15H,8-10H2,1-3H3,(H,19,23). The SMILES string of the molecule is Cc1ccccc1C(C)NC(=O)N1CCOC(c2nncn2C)C1. The third-order valence-electron chi connectivity index (χ3n) is 4.38. The molecule has 1 saturated heterocycles. The first kappa shape index (κ1) is 16.4. The molecule has 24 heavy (non-hydrogen) atoms. The fourth-order valence-electron chi connectivity index (χ4n) is 3.00. The molecule has 0 radical (unpaired) electrons. The number of urea groups is 1. The Morgan fingerprint density at radius 1 is 1.42 bits per heavy atom. The maximum Gasteiger partial charge on any atom is 0.318 e. The number of ether oxygens (including phenoxy) is 1. The van der Waals surface area contributed by atoms with Crippen molar-refractivity contribution in [2.75, 3.05) is 19.7 Å². The Balaban J connectivity index is 1.64. The van der Waals surface area contributed by atoms with E-state index < -0.39 is 0 Å². The molecule has 2 atom stereocenters. The summed E-state index contributed by atoms with van der Waals surface area (Å²) in [5, 5.41) is 11.0. The van der Waals surface area contributed by atoms with Crippen LogP contribution in [0.5, 0.6) is 0 Å². The predicted octanol–water partition coefficient (Wildman–Crippen LogP) is 1.97. The van der Waals surface area contributed by atoms with Gasteiger partial charge in [-0.05, 0) is 25.0 Å². The molecule has 2 aromatic rings. The number of carbonyl (C=O) groups excluding carboxylic acids is 1. The van der Waals surface area contributed by atoms with Crippen LogP contribution in [0.2, 0.25) is 0 Å². The van der Waals surface area contributed by atoms with E-state index in [2.05, 4.69) is 28.5 Å². The van der Waals surface area contributed by atoms with Gasteiger partial charge in [0.1, 0.15) is 12.4 Å². The lowest BCUT2D eigenvalue weighted by Gasteiger charge is -2.33. The molecule has 0 saturated carbocycles. The molecule has 7 heteroatoms. The van der Waals surface area contributed by atoms with Gasteiger partial charge in [0.25, 0.3) is 0 Å². The van der Waals surface area contributed by atoms with Gasteiger partial charge in [0.15, 0.2) is 5.82 Å². The van der Waals surface area contributed by atoms with E-state index in [0.717, 1.165) is 11.4 Å². The Hall–Kier alpha value is -2.41. The molecule has 1 aromatic heterocycles. The Labute approximate surface area is 141 Å². The van der Waals surface area contributed by atoms with Crippen molar-refractivity contribution in [1.29, 1.82) is 0 Å². The van der Waals surface area contributed by atoms with Crippen LogP contribution in [0.1, 0.15) is 36.0 Å². The summed E-state index contributed by atoms with van der Waals surface area (Å²) in [6.45, 7) is 5.58. The van der Waals surface area contributed by atoms with Crippen LogP contribution < -0.4 is 5.32 Å². The zero-order chi connectivity index (χ0) is 17.1. The summed E-state index contributed by atoms with van der Waals surface area (Å²) in [6, 6.07) is 7.96. The zero-order valence-electron chi connectivity index (χ0n) is 14.3. The number of aromatic nitrogens is 3. The fourth-order valence-corrected chi connectivity index (χ4v) is 3.00. The molecule has 1 N–H and O–H groups in total. The van der Waals surface area contributed by atoms with Crippen LogP contribution in [-0.4, -0.2) is 45.4 Å². The summed E-state index contributed by atoms with van der Waals surface area (Å²) in [4.78, 5) is 14.4. The number of morpholine rings is 1. The van der Waals surface area contributed by atoms with Crippen LogP contribution in [0.4, 0.5) is 4.79 Å². The highest BCUT2D eigenvalue weighted by Crippen LogP contribution is 2.21. The number of aryl methyl sites for hydroxylation is 2. The third-order valence-corrected chi connectivity index (χ3v) is 4.38. The molecule has 2 amide bonds. The van der Waals surface area contributed by atoms with Gasteiger partial charge in [-0.2, -0.15) is 0 Å². The van der Waals surface area contributed by atoms with E-state index in [-0.39, 0.29) is 18.2 Å². The highest BCUT2D eigenvalue weighted by molar-refractivity contribution is 5.75. The molecule has 7 nitrogen and oxygen atoms in total. The molecule has 0 bridgehead atoms. The first-order valence-electron chi connectivity index (χ1n) is 8.12. The molecule has 1 fully saturated rings. The summed E-state index contributed by atoms with van der Waals surface area (Å²) in [7, 11) is 1.87. The van der Waals surface area contributed by atoms with Crippen LogP contribution in [0.15, 0.2) is 30.6 Å². The van der Waals surface area contributed by atoms with Crippen LogP contribution in [0, 0.1) is 6.92 Å². The molecule has 0 spiro atoms. The third kappa shape index (κ3) is 3.41. The topological polar surface area (TPSA) is 72.3 Å². The quantitative estimate of drug-likeness (QED) is 0.934. The van der Waals surface area contributed by atoms with Gasteiger partial charge < -0.3 is 19.5 Å². The van der Waals surface area contributed by atoms with Crippen molar-refractivity contribution >= 4 is 6.03 Å². The fraction of sp³-hybridized carbons (Fsp3) is 0.471. The number of amides is 2. The van der Waals surface area contributed by atoms with Crippen molar-refractivity contribution < 1.29 is 9.53 Å². The molecule has 2 heterocycles. The van der Waals surface area contributed by atoms with Gasteiger partial charge in [0.2, 0.25) is 0 Å². The Morgan fingerprint density at radius 2 is 2.21 bits per heavy atom. The minimum atomic E-state index is -0.245. The minimum Gasteiger partial charge on any atom is -0.366 e. The summed E-state index contributed by atoms with van der Waals surface area (Å²) >= 11 is 0. The van der Waals surface area contributed by atoms with Crippen molar-refractivity contribution in [2.24, 2.45) is 7.05 Å². The van der Waals surface area contributed by atoms with E-state index in [0.29, 0.717) is 19.7 Å². The lowest BCUT2D eigenvalue weighted by atomic mass is 10.0. The summed E-state index contributed by atoms with van der Waals surface area (Å²) in [5.41, 5.74) is 2.30. The molecule has 3 rings (SSSR count). The van der Waals surface area contributed by atoms with Gasteiger partial charge in [0, 0.05) is 13.6 Å². The van der Waals surface area contributed by atoms with Crippen LogP contribution in [-0.2, 0) is 11.8 Å². The summed E-state index contributed by atoms with van der Waals surface area (Å²) < 4.78 is 7.57. The van der Waals surface area contributed by atoms with Gasteiger partial charge in [-0.25, -0.2) is 4.79 Å². The van der Waals surface area contributed by atoms with E-state index in [9.17, 15) is 4.79 Å². The first-order chi connectivity index (χ1) is 11.6. The van der Waals surface area contributed by atoms with Crippen LogP contribution >= 0.6 is 0 Å². The first-order valence-corrected chi connectivity index (χ1v) is 8.12. The minimum absolute atomic E-state index is 0.0465. The number of nitrogens with one attached hydrogen (secondary N) is 1. The van der Waals surface area contributed by atoms with Gasteiger partial charge in [-0.1, -0.05) is 24.3 Å². The number of hydrogen-bond acceptors (Lipinski definition) is 4. The molecular weight excluding hydrogens is 306 g/mol. The normalized spacial score (nSPS) is 19.1. The maximum atomic E-state index is 12.6. The summed E-state index contributed by atoms with van der Waals surface area (Å²) in [6.07, 6.45) is 1.39. The zero-order valence-corrected chi connectivity index (χ0v) is 14.3. The van der Waals surface area contributed by atoms with Gasteiger partial charge in [-0.15, -0.1) is 10.2 Å². The molecule has 0 aliphatic carbocycles. The van der Waals surface area contributed by atoms with E-state index in [4.69, 9.17) is 4.74 Å². The molecule has 1 aliphatic rings. The second-order valence-electron chi connectivity index (χ2n) is 6.13. The highest BCUT2D eigenvalue weighted by atomic mass is 16.5. The van der Waals surface area contributed by atoms with Gasteiger partial charge >= 0.3 is 6.03 Å². The maximum absolute atomic E-state index is 12.6. The largest absolute Gasteiger partial charge is 0.366 e. The van der Waals surface area contributed by atoms with E-state index in [1.165, 1.54) is 5.56 Å². The molecule has 1 aromatic carbocycles. The van der Waals surface area contributed by atoms with E-state index in [1.807, 2.05) is 36.7 Å². The average Bonchev–Trinajstić information content (AvgIpc) is 3.01. The monoisotopic (exact) mass is 329 g/mol. The Bertz CT molecular complexity index is 715. The van der Waals surface area contributed by atoms with Crippen molar-refractivity contribution in [3.8, 4) is 0 Å². The van der Waals surface area contributed by atoms with Crippen molar-refractivity contribution in [3.63, 3.8) is 0 Å². The van der Waals surface area contributed by atoms with Crippen LogP contribution in [0.25, 0.3) is 0 Å². The lowest BCUT2D eigenvalue weighted by Crippen LogP contribution is -2.48. The smallest absolute Gasteiger partial charge is 0.318 e. The van der Waals surface area contributed by atoms with Crippen molar-refractivity contribution in [2.45, 2.75) is 26.0 Å². The van der Waals surface area contributed by atoms with Gasteiger partial charge in [0.05, 0.1) is 19.2 Å². The highest BCUT2D eigenvalue weighted by Gasteiger charge is 2.28. The average molecular weight is 329 g/mol. The van der Waals surface area contributed by atoms with Crippen LogP contribution in [0.3, 0.4) is 0 Å². The Kier molecular flexibility index (Phi) is 4.80. The molecule has 128 valence electrons. The summed E-state index contributed by atoms with van der Waals surface area (Å²) in [5.74, 6) is 0.736. The van der Waals surface area contributed by atoms with Crippen molar-refractivity contribution in [1.82, 2.24) is 25.0 Å². The van der Waals surface area contributed by atoms with Crippen molar-refractivity contribution in [3.05, 3.63) is 47.5 Å². The number of carbonyl (C=O) groups is 1. The Morgan fingerprint density at radius 3 is 2.92 bits per heavy atom. The van der Waals surface area contributed by atoms with Gasteiger partial charge in [-0.3, -0.25) is 0 Å². The number of rotatable bonds is 3. The van der Waals surface area contributed by atoms with E-state index >= 15 is 0 Å². The molecule has 2 unspecified atom stereocenters. The second kappa shape index (κ2) is 7.00. The molecular formula is C17H23N5O2. The second-order valence-corrected chi connectivity index (χ2v) is 6.13.